The summed E-state index contributed by atoms with van der Waals surface area (Å²) in [5.41, 5.74) is 16.6. The zero-order chi connectivity index (χ0) is 48.7. The largest absolute Gasteiger partial charge is 0.454 e. The van der Waals surface area contributed by atoms with Gasteiger partial charge in [-0.1, -0.05) is 214 Å². The van der Waals surface area contributed by atoms with Crippen molar-refractivity contribution >= 4 is 125 Å². The van der Waals surface area contributed by atoms with Crippen molar-refractivity contribution in [3.8, 4) is 33.4 Å². The minimum Gasteiger partial charge on any atom is -0.454 e. The van der Waals surface area contributed by atoms with E-state index in [1.165, 1.54) is 104 Å². The highest BCUT2D eigenvalue weighted by Crippen LogP contribution is 2.51. The molecule has 0 saturated carbocycles. The summed E-state index contributed by atoms with van der Waals surface area (Å²) >= 11 is 0. The van der Waals surface area contributed by atoms with Gasteiger partial charge in [-0.05, 0) is 113 Å². The van der Waals surface area contributed by atoms with E-state index in [1.807, 2.05) is 0 Å². The van der Waals surface area contributed by atoms with Crippen LogP contribution in [0.4, 0.5) is 34.1 Å². The van der Waals surface area contributed by atoms with Gasteiger partial charge in [-0.2, -0.15) is 0 Å². The summed E-state index contributed by atoms with van der Waals surface area (Å²) < 4.78 is 6.97. The molecule has 0 atom stereocenters. The first kappa shape index (κ1) is 42.2. The summed E-state index contributed by atoms with van der Waals surface area (Å²) in [5, 5.41) is 15.6. The summed E-state index contributed by atoms with van der Waals surface area (Å²) in [6.07, 6.45) is 0. The quantitative estimate of drug-likeness (QED) is 0.117. The molecule has 0 amide bonds. The molecule has 346 valence electrons. The zero-order valence-electron chi connectivity index (χ0n) is 41.2. The number of furan rings is 1. The molecule has 2 aliphatic heterocycles. The Kier molecular flexibility index (Phi) is 8.97. The van der Waals surface area contributed by atoms with E-state index in [4.69, 9.17) is 4.42 Å². The van der Waals surface area contributed by atoms with Gasteiger partial charge in [0.15, 0.2) is 5.58 Å². The second-order valence-corrected chi connectivity index (χ2v) is 29.7. The van der Waals surface area contributed by atoms with Crippen LogP contribution in [-0.2, 0) is 0 Å². The first-order chi connectivity index (χ1) is 35.8. The third kappa shape index (κ3) is 5.92. The second kappa shape index (κ2) is 15.5. The molecule has 0 saturated heterocycles. The number of nitrogens with zero attached hydrogens (tertiary/aromatic N) is 2. The lowest BCUT2D eigenvalue weighted by atomic mass is 9.91. The van der Waals surface area contributed by atoms with Gasteiger partial charge >= 0.3 is 0 Å². The lowest BCUT2D eigenvalue weighted by Crippen LogP contribution is -2.50. The van der Waals surface area contributed by atoms with Gasteiger partial charge in [-0.3, -0.25) is 0 Å². The molecular formula is C68H50N2OSi2. The molecule has 3 heterocycles. The van der Waals surface area contributed by atoms with Crippen LogP contribution in [0.2, 0.25) is 26.2 Å². The van der Waals surface area contributed by atoms with Gasteiger partial charge in [0.25, 0.3) is 0 Å². The van der Waals surface area contributed by atoms with E-state index in [0.29, 0.717) is 0 Å². The van der Waals surface area contributed by atoms with E-state index >= 15 is 0 Å². The molecule has 0 N–H and O–H groups in total. The number of hydrogen-bond acceptors (Lipinski definition) is 3. The fraction of sp³-hybridized carbons (Fsp3) is 0.0588. The van der Waals surface area contributed by atoms with E-state index in [2.05, 4.69) is 267 Å². The SMILES string of the molecule is C[Si]1(C)c2ccccc2-c2cccc(N(c3ccccc3-c3ccccc3)c3ccc4ccc5c(N(c6cccc7c6[Si](C)(C)c6ccccc6-7)c6cccc7c6oc6ccccc67)ccc6ccc3c4c65)c21. The summed E-state index contributed by atoms with van der Waals surface area (Å²) in [5.74, 6) is 0. The Labute approximate surface area is 427 Å². The van der Waals surface area contributed by atoms with Gasteiger partial charge in [0.05, 0.1) is 22.7 Å². The molecule has 73 heavy (non-hydrogen) atoms. The van der Waals surface area contributed by atoms with Gasteiger partial charge in [0.2, 0.25) is 0 Å². The molecule has 2 aliphatic rings. The highest BCUT2D eigenvalue weighted by atomic mass is 28.3. The molecule has 0 spiro atoms. The molecule has 0 radical (unpaired) electrons. The first-order valence-electron chi connectivity index (χ1n) is 25.6. The summed E-state index contributed by atoms with van der Waals surface area (Å²) in [6.45, 7) is 10.1. The predicted octanol–water partition coefficient (Wildman–Crippen LogP) is 16.7. The van der Waals surface area contributed by atoms with E-state index in [1.54, 1.807) is 0 Å². The van der Waals surface area contributed by atoms with E-state index in [0.717, 1.165) is 39.0 Å². The maximum atomic E-state index is 6.97. The number of anilines is 6. The third-order valence-electron chi connectivity index (χ3n) is 16.6. The van der Waals surface area contributed by atoms with Gasteiger partial charge in [-0.25, -0.2) is 0 Å². The number of para-hydroxylation sites is 3. The van der Waals surface area contributed by atoms with Crippen molar-refractivity contribution in [2.75, 3.05) is 9.80 Å². The summed E-state index contributed by atoms with van der Waals surface area (Å²) in [4.78, 5) is 5.16. The number of benzene rings is 12. The minimum atomic E-state index is -2.21. The van der Waals surface area contributed by atoms with E-state index in [9.17, 15) is 0 Å². The van der Waals surface area contributed by atoms with Gasteiger partial charge in [0.1, 0.15) is 21.7 Å². The highest BCUT2D eigenvalue weighted by Gasteiger charge is 2.43. The highest BCUT2D eigenvalue weighted by molar-refractivity contribution is 7.05. The Morgan fingerprint density at radius 1 is 0.301 bits per heavy atom. The lowest BCUT2D eigenvalue weighted by Gasteiger charge is -2.34. The first-order valence-corrected chi connectivity index (χ1v) is 31.6. The van der Waals surface area contributed by atoms with Crippen molar-refractivity contribution in [2.24, 2.45) is 0 Å². The molecule has 13 aromatic rings. The van der Waals surface area contributed by atoms with E-state index < -0.39 is 16.1 Å². The standard InChI is InChI=1S/C68H50N2OSi2/c1-72(2)62-33-14-10-23-48(62)51-26-17-30-59(67(51)72)69(55-28-12-8-21-46(55)43-19-6-5-7-20-43)56-41-37-44-36-40-54-57(42-38-45-35-39-53(56)64(44)65(45)54)70(58-29-16-25-50-47-22-9-13-32-61(47)71-66(50)58)60-31-18-27-52-49-24-11-15-34-63(49)73(3,4)68(52)60/h5-42H,1-4H3. The Bertz CT molecular complexity index is 4420. The molecule has 0 fully saturated rings. The molecule has 0 bridgehead atoms. The van der Waals surface area contributed by atoms with Crippen molar-refractivity contribution in [3.05, 3.63) is 231 Å². The fourth-order valence-electron chi connectivity index (χ4n) is 13.4. The Morgan fingerprint density at radius 3 is 1.36 bits per heavy atom. The van der Waals surface area contributed by atoms with E-state index in [-0.39, 0.29) is 0 Å². The molecule has 3 nitrogen and oxygen atoms in total. The van der Waals surface area contributed by atoms with Crippen LogP contribution in [-0.4, -0.2) is 16.1 Å². The van der Waals surface area contributed by atoms with Crippen LogP contribution < -0.4 is 30.5 Å². The van der Waals surface area contributed by atoms with Gasteiger partial charge in [0, 0.05) is 38.5 Å². The fourth-order valence-corrected chi connectivity index (χ4v) is 20.2. The molecule has 0 aliphatic carbocycles. The smallest absolute Gasteiger partial charge is 0.159 e. The summed E-state index contributed by atoms with van der Waals surface area (Å²) in [6, 6.07) is 86.2. The molecule has 5 heteroatoms. The second-order valence-electron chi connectivity index (χ2n) is 21.1. The average Bonchev–Trinajstić information content (AvgIpc) is 4.02. The van der Waals surface area contributed by atoms with Crippen LogP contribution in [0.15, 0.2) is 235 Å². The molecule has 0 unspecified atom stereocenters. The van der Waals surface area contributed by atoms with Crippen LogP contribution in [0, 0.1) is 0 Å². The topological polar surface area (TPSA) is 19.6 Å². The van der Waals surface area contributed by atoms with Crippen molar-refractivity contribution in [3.63, 3.8) is 0 Å². The zero-order valence-corrected chi connectivity index (χ0v) is 43.2. The Morgan fingerprint density at radius 2 is 0.740 bits per heavy atom. The summed E-state index contributed by atoms with van der Waals surface area (Å²) in [7, 11) is -4.40. The predicted molar refractivity (Wildman–Crippen MR) is 317 cm³/mol. The number of rotatable bonds is 7. The number of fused-ring (bicyclic) bond motifs is 9. The molecule has 15 rings (SSSR count). The van der Waals surface area contributed by atoms with Crippen LogP contribution in [0.5, 0.6) is 0 Å². The maximum absolute atomic E-state index is 6.97. The maximum Gasteiger partial charge on any atom is 0.159 e. The van der Waals surface area contributed by atoms with Gasteiger partial charge in [-0.15, -0.1) is 0 Å². The lowest BCUT2D eigenvalue weighted by molar-refractivity contribution is 0.669. The van der Waals surface area contributed by atoms with Crippen molar-refractivity contribution in [2.45, 2.75) is 26.2 Å². The van der Waals surface area contributed by atoms with Crippen molar-refractivity contribution in [1.82, 2.24) is 0 Å². The van der Waals surface area contributed by atoms with Crippen molar-refractivity contribution in [1.29, 1.82) is 0 Å². The Balaban J connectivity index is 1.02. The normalized spacial score (nSPS) is 14.0. The van der Waals surface area contributed by atoms with Crippen LogP contribution in [0.25, 0.3) is 87.6 Å². The molecular weight excluding hydrogens is 917 g/mol. The van der Waals surface area contributed by atoms with Crippen molar-refractivity contribution < 1.29 is 4.42 Å². The average molecular weight is 967 g/mol. The van der Waals surface area contributed by atoms with Gasteiger partial charge < -0.3 is 14.2 Å². The molecule has 12 aromatic carbocycles. The Hall–Kier alpha value is -8.49. The minimum absolute atomic E-state index is 0.890. The third-order valence-corrected chi connectivity index (χ3v) is 23.7. The van der Waals surface area contributed by atoms with Crippen LogP contribution in [0.3, 0.4) is 0 Å². The van der Waals surface area contributed by atoms with Crippen LogP contribution >= 0.6 is 0 Å². The molecule has 1 aromatic heterocycles. The monoisotopic (exact) mass is 966 g/mol. The number of hydrogen-bond donors (Lipinski definition) is 0. The van der Waals surface area contributed by atoms with Crippen LogP contribution in [0.1, 0.15) is 0 Å².